The quantitative estimate of drug-likeness (QED) is 0.925. The van der Waals surface area contributed by atoms with Crippen LogP contribution in [0.3, 0.4) is 0 Å². The Bertz CT molecular complexity index is 515. The predicted molar refractivity (Wildman–Crippen MR) is 80.8 cm³/mol. The maximum Gasteiger partial charge on any atom is 0.320 e. The lowest BCUT2D eigenvalue weighted by Gasteiger charge is -2.26. The first-order chi connectivity index (χ1) is 10.2. The van der Waals surface area contributed by atoms with E-state index >= 15 is 0 Å². The first-order valence-corrected chi connectivity index (χ1v) is 7.95. The SMILES string of the molecule is O=C(O)C1CCCCCN1CCc1ccc2c(c1)CCO2. The second-order valence-corrected chi connectivity index (χ2v) is 6.03. The first-order valence-electron chi connectivity index (χ1n) is 7.95. The van der Waals surface area contributed by atoms with Gasteiger partial charge in [0, 0.05) is 13.0 Å². The number of ether oxygens (including phenoxy) is 1. The minimum absolute atomic E-state index is 0.301. The van der Waals surface area contributed by atoms with E-state index in [1.54, 1.807) is 0 Å². The molecule has 1 fully saturated rings. The van der Waals surface area contributed by atoms with Crippen LogP contribution in [0.5, 0.6) is 5.75 Å². The Labute approximate surface area is 125 Å². The van der Waals surface area contributed by atoms with Crippen LogP contribution in [0, 0.1) is 0 Å². The van der Waals surface area contributed by atoms with Crippen LogP contribution >= 0.6 is 0 Å². The molecule has 0 aromatic heterocycles. The van der Waals surface area contributed by atoms with Gasteiger partial charge >= 0.3 is 5.97 Å². The summed E-state index contributed by atoms with van der Waals surface area (Å²) >= 11 is 0. The van der Waals surface area contributed by atoms with Gasteiger partial charge in [-0.2, -0.15) is 0 Å². The van der Waals surface area contributed by atoms with Crippen molar-refractivity contribution in [2.75, 3.05) is 19.7 Å². The van der Waals surface area contributed by atoms with Crippen molar-refractivity contribution in [3.05, 3.63) is 29.3 Å². The van der Waals surface area contributed by atoms with E-state index in [0.717, 1.165) is 64.0 Å². The van der Waals surface area contributed by atoms with Gasteiger partial charge in [-0.05, 0) is 43.0 Å². The Kier molecular flexibility index (Phi) is 4.44. The van der Waals surface area contributed by atoms with E-state index in [2.05, 4.69) is 23.1 Å². The molecule has 1 unspecified atom stereocenters. The maximum absolute atomic E-state index is 11.4. The Balaban J connectivity index is 1.63. The fraction of sp³-hybridized carbons (Fsp3) is 0.588. The lowest BCUT2D eigenvalue weighted by Crippen LogP contribution is -2.41. The number of carbonyl (C=O) groups is 1. The Morgan fingerprint density at radius 2 is 2.24 bits per heavy atom. The van der Waals surface area contributed by atoms with E-state index < -0.39 is 5.97 Å². The van der Waals surface area contributed by atoms with Gasteiger partial charge in [-0.1, -0.05) is 25.0 Å². The van der Waals surface area contributed by atoms with Crippen LogP contribution in [-0.2, 0) is 17.6 Å². The van der Waals surface area contributed by atoms with Crippen LogP contribution in [0.1, 0.15) is 36.8 Å². The summed E-state index contributed by atoms with van der Waals surface area (Å²) in [5, 5.41) is 9.40. The standard InChI is InChI=1S/C17H23NO3/c19-17(20)15-4-2-1-3-9-18(15)10-7-13-5-6-16-14(12-13)8-11-21-16/h5-6,12,15H,1-4,7-11H2,(H,19,20). The number of likely N-dealkylation sites (tertiary alicyclic amines) is 1. The highest BCUT2D eigenvalue weighted by Gasteiger charge is 2.26. The van der Waals surface area contributed by atoms with Crippen molar-refractivity contribution in [2.45, 2.75) is 44.6 Å². The average Bonchev–Trinajstić information content (AvgIpc) is 2.80. The van der Waals surface area contributed by atoms with Gasteiger partial charge in [0.25, 0.3) is 0 Å². The third kappa shape index (κ3) is 3.38. The van der Waals surface area contributed by atoms with Gasteiger partial charge in [-0.3, -0.25) is 9.69 Å². The van der Waals surface area contributed by atoms with Gasteiger partial charge in [-0.25, -0.2) is 0 Å². The molecule has 1 saturated heterocycles. The third-order valence-electron chi connectivity index (χ3n) is 4.59. The number of benzene rings is 1. The van der Waals surface area contributed by atoms with Crippen LogP contribution < -0.4 is 4.74 Å². The van der Waals surface area contributed by atoms with Crippen LogP contribution in [-0.4, -0.2) is 41.7 Å². The number of nitrogens with zero attached hydrogens (tertiary/aromatic N) is 1. The summed E-state index contributed by atoms with van der Waals surface area (Å²) in [6.45, 7) is 2.52. The highest BCUT2D eigenvalue weighted by atomic mass is 16.5. The molecule has 0 radical (unpaired) electrons. The summed E-state index contributed by atoms with van der Waals surface area (Å²) in [4.78, 5) is 13.6. The van der Waals surface area contributed by atoms with Crippen LogP contribution in [0.15, 0.2) is 18.2 Å². The minimum Gasteiger partial charge on any atom is -0.493 e. The summed E-state index contributed by atoms with van der Waals surface area (Å²) in [7, 11) is 0. The molecule has 1 aromatic carbocycles. The molecule has 1 aromatic rings. The molecule has 2 aliphatic heterocycles. The molecule has 3 rings (SSSR count). The largest absolute Gasteiger partial charge is 0.493 e. The molecule has 2 heterocycles. The molecule has 4 nitrogen and oxygen atoms in total. The third-order valence-corrected chi connectivity index (χ3v) is 4.59. The van der Waals surface area contributed by atoms with Crippen molar-refractivity contribution >= 4 is 5.97 Å². The lowest BCUT2D eigenvalue weighted by molar-refractivity contribution is -0.143. The topological polar surface area (TPSA) is 49.8 Å². The summed E-state index contributed by atoms with van der Waals surface area (Å²) < 4.78 is 5.52. The number of hydrogen-bond donors (Lipinski definition) is 1. The van der Waals surface area contributed by atoms with E-state index in [1.807, 2.05) is 0 Å². The highest BCUT2D eigenvalue weighted by molar-refractivity contribution is 5.73. The van der Waals surface area contributed by atoms with Crippen LogP contribution in [0.2, 0.25) is 0 Å². The molecular weight excluding hydrogens is 266 g/mol. The van der Waals surface area contributed by atoms with E-state index in [-0.39, 0.29) is 6.04 Å². The number of rotatable bonds is 4. The molecule has 2 aliphatic rings. The minimum atomic E-state index is -0.667. The fourth-order valence-corrected chi connectivity index (χ4v) is 3.38. The van der Waals surface area contributed by atoms with Crippen molar-refractivity contribution < 1.29 is 14.6 Å². The Morgan fingerprint density at radius 3 is 3.10 bits per heavy atom. The molecular formula is C17H23NO3. The number of carboxylic acid groups (broad SMARTS) is 1. The van der Waals surface area contributed by atoms with Crippen molar-refractivity contribution in [1.82, 2.24) is 4.90 Å². The second kappa shape index (κ2) is 6.48. The first kappa shape index (κ1) is 14.4. The van der Waals surface area contributed by atoms with Gasteiger partial charge < -0.3 is 9.84 Å². The highest BCUT2D eigenvalue weighted by Crippen LogP contribution is 2.26. The Hall–Kier alpha value is -1.55. The van der Waals surface area contributed by atoms with Gasteiger partial charge in [0.15, 0.2) is 0 Å². The van der Waals surface area contributed by atoms with E-state index in [0.29, 0.717) is 0 Å². The Morgan fingerprint density at radius 1 is 1.33 bits per heavy atom. The fourth-order valence-electron chi connectivity index (χ4n) is 3.38. The number of fused-ring (bicyclic) bond motifs is 1. The summed E-state index contributed by atoms with van der Waals surface area (Å²) in [5.41, 5.74) is 2.57. The number of aliphatic carboxylic acids is 1. The zero-order chi connectivity index (χ0) is 14.7. The van der Waals surface area contributed by atoms with Crippen LogP contribution in [0.25, 0.3) is 0 Å². The summed E-state index contributed by atoms with van der Waals surface area (Å²) in [6, 6.07) is 6.08. The van der Waals surface area contributed by atoms with Crippen molar-refractivity contribution in [3.8, 4) is 5.75 Å². The summed E-state index contributed by atoms with van der Waals surface area (Å²) in [5.74, 6) is 0.344. The monoisotopic (exact) mass is 289 g/mol. The van der Waals surface area contributed by atoms with Gasteiger partial charge in [0.05, 0.1) is 6.61 Å². The molecule has 114 valence electrons. The average molecular weight is 289 g/mol. The molecule has 0 bridgehead atoms. The zero-order valence-electron chi connectivity index (χ0n) is 12.4. The van der Waals surface area contributed by atoms with Crippen molar-refractivity contribution in [1.29, 1.82) is 0 Å². The van der Waals surface area contributed by atoms with E-state index in [1.165, 1.54) is 11.1 Å². The number of carboxylic acids is 1. The molecule has 21 heavy (non-hydrogen) atoms. The van der Waals surface area contributed by atoms with E-state index in [9.17, 15) is 9.90 Å². The normalized spacial score (nSPS) is 22.4. The lowest BCUT2D eigenvalue weighted by atomic mass is 10.1. The smallest absolute Gasteiger partial charge is 0.320 e. The maximum atomic E-state index is 11.4. The predicted octanol–water partition coefficient (Wildman–Crippen LogP) is 2.49. The number of hydrogen-bond acceptors (Lipinski definition) is 3. The summed E-state index contributed by atoms with van der Waals surface area (Å²) in [6.07, 6.45) is 5.98. The van der Waals surface area contributed by atoms with Gasteiger partial charge in [0.2, 0.25) is 0 Å². The molecule has 0 saturated carbocycles. The molecule has 0 amide bonds. The van der Waals surface area contributed by atoms with Crippen LogP contribution in [0.4, 0.5) is 0 Å². The molecule has 0 spiro atoms. The van der Waals surface area contributed by atoms with Crippen molar-refractivity contribution in [3.63, 3.8) is 0 Å². The van der Waals surface area contributed by atoms with E-state index in [4.69, 9.17) is 4.74 Å². The zero-order valence-corrected chi connectivity index (χ0v) is 12.4. The molecule has 4 heteroatoms. The van der Waals surface area contributed by atoms with Crippen molar-refractivity contribution in [2.24, 2.45) is 0 Å². The second-order valence-electron chi connectivity index (χ2n) is 6.03. The molecule has 1 atom stereocenters. The molecule has 1 N–H and O–H groups in total. The van der Waals surface area contributed by atoms with Gasteiger partial charge in [0.1, 0.15) is 11.8 Å². The van der Waals surface area contributed by atoms with Gasteiger partial charge in [-0.15, -0.1) is 0 Å². The molecule has 0 aliphatic carbocycles.